The first-order valence-corrected chi connectivity index (χ1v) is 10.1. The lowest BCUT2D eigenvalue weighted by Gasteiger charge is -2.41. The van der Waals surface area contributed by atoms with Crippen LogP contribution >= 0.6 is 0 Å². The molecule has 1 unspecified atom stereocenters. The van der Waals surface area contributed by atoms with Gasteiger partial charge in [0.05, 0.1) is 17.7 Å². The minimum atomic E-state index is -2.22. The number of hydrogen-bond donors (Lipinski definition) is 0. The molecular formula is C22H33NO8. The van der Waals surface area contributed by atoms with Gasteiger partial charge in [0.2, 0.25) is 0 Å². The van der Waals surface area contributed by atoms with E-state index in [1.54, 1.807) is 48.5 Å². The average Bonchev–Trinajstić information content (AvgIpc) is 2.53. The largest absolute Gasteiger partial charge is 0.462 e. The Kier molecular flexibility index (Phi) is 7.84. The fourth-order valence-electron chi connectivity index (χ4n) is 2.67. The number of ether oxygens (including phenoxy) is 4. The number of rotatable bonds is 6. The molecule has 1 saturated heterocycles. The molecule has 0 aliphatic carbocycles. The third kappa shape index (κ3) is 6.66. The standard InChI is InChI=1S/C22H33NO8/c1-12(2)28-16(24)14(11-23-20(5,6)7)15(17(25)29-13(3)4)22(10)18(26)30-21(8,9)31-19(22)27/h12-13,15H,1-10H3. The minimum absolute atomic E-state index is 0.426. The normalized spacial score (nSPS) is 18.5. The molecule has 0 saturated carbocycles. The van der Waals surface area contributed by atoms with Crippen molar-refractivity contribution < 1.29 is 38.1 Å². The molecule has 0 bridgehead atoms. The van der Waals surface area contributed by atoms with Crippen molar-refractivity contribution in [3.8, 4) is 0 Å². The SMILES string of the molecule is CC(C)OC(=O)C(=C=NC(C)(C)C)C(C(=O)OC(C)C)C1(C)C(=O)OC(C)(C)OC1=O. The van der Waals surface area contributed by atoms with E-state index in [2.05, 4.69) is 10.9 Å². The smallest absolute Gasteiger partial charge is 0.344 e. The summed E-state index contributed by atoms with van der Waals surface area (Å²) >= 11 is 0. The minimum Gasteiger partial charge on any atom is -0.462 e. The number of hydrogen-bond acceptors (Lipinski definition) is 9. The van der Waals surface area contributed by atoms with Gasteiger partial charge in [-0.25, -0.2) is 9.79 Å². The Hall–Kier alpha value is -2.67. The van der Waals surface area contributed by atoms with E-state index in [-0.39, 0.29) is 0 Å². The zero-order valence-corrected chi connectivity index (χ0v) is 19.9. The predicted octanol–water partition coefficient (Wildman–Crippen LogP) is 2.74. The number of aliphatic imine (C=N–C) groups is 1. The summed E-state index contributed by atoms with van der Waals surface area (Å²) in [6.45, 7) is 15.6. The van der Waals surface area contributed by atoms with Gasteiger partial charge in [-0.15, -0.1) is 0 Å². The molecule has 1 fully saturated rings. The predicted molar refractivity (Wildman–Crippen MR) is 111 cm³/mol. The van der Waals surface area contributed by atoms with Crippen LogP contribution < -0.4 is 0 Å². The molecule has 0 aromatic carbocycles. The van der Waals surface area contributed by atoms with Crippen molar-refractivity contribution >= 4 is 29.7 Å². The highest BCUT2D eigenvalue weighted by Crippen LogP contribution is 2.42. The molecule has 174 valence electrons. The maximum atomic E-state index is 13.1. The van der Waals surface area contributed by atoms with Crippen LogP contribution in [-0.4, -0.2) is 53.3 Å². The second-order valence-electron chi connectivity index (χ2n) is 9.56. The molecule has 0 amide bonds. The Morgan fingerprint density at radius 2 is 1.39 bits per heavy atom. The topological polar surface area (TPSA) is 118 Å². The molecule has 1 heterocycles. The first-order valence-electron chi connectivity index (χ1n) is 10.1. The molecule has 31 heavy (non-hydrogen) atoms. The highest BCUT2D eigenvalue weighted by molar-refractivity contribution is 6.11. The van der Waals surface area contributed by atoms with E-state index in [1.165, 1.54) is 20.8 Å². The maximum Gasteiger partial charge on any atom is 0.344 e. The van der Waals surface area contributed by atoms with Crippen LogP contribution in [0.1, 0.15) is 69.2 Å². The summed E-state index contributed by atoms with van der Waals surface area (Å²) in [5, 5.41) is 0. The summed E-state index contributed by atoms with van der Waals surface area (Å²) in [4.78, 5) is 56.2. The van der Waals surface area contributed by atoms with E-state index in [4.69, 9.17) is 18.9 Å². The van der Waals surface area contributed by atoms with Crippen molar-refractivity contribution in [2.75, 3.05) is 0 Å². The van der Waals surface area contributed by atoms with Crippen LogP contribution in [0.15, 0.2) is 10.6 Å². The molecule has 9 nitrogen and oxygen atoms in total. The third-order valence-electron chi connectivity index (χ3n) is 4.05. The van der Waals surface area contributed by atoms with Crippen LogP contribution in [0.25, 0.3) is 0 Å². The highest BCUT2D eigenvalue weighted by atomic mass is 16.7. The molecule has 1 rings (SSSR count). The molecule has 1 atom stereocenters. The van der Waals surface area contributed by atoms with Gasteiger partial charge in [0.25, 0.3) is 5.79 Å². The second kappa shape index (κ2) is 9.22. The van der Waals surface area contributed by atoms with Crippen molar-refractivity contribution in [2.24, 2.45) is 16.3 Å². The number of carbonyl (C=O) groups excluding carboxylic acids is 4. The summed E-state index contributed by atoms with van der Waals surface area (Å²) in [6.07, 6.45) is -1.13. The van der Waals surface area contributed by atoms with Crippen molar-refractivity contribution in [1.29, 1.82) is 0 Å². The van der Waals surface area contributed by atoms with Crippen molar-refractivity contribution in [3.05, 3.63) is 5.57 Å². The first-order chi connectivity index (χ1) is 13.9. The third-order valence-corrected chi connectivity index (χ3v) is 4.05. The van der Waals surface area contributed by atoms with Gasteiger partial charge in [-0.1, -0.05) is 0 Å². The van der Waals surface area contributed by atoms with E-state index in [0.717, 1.165) is 0 Å². The Bertz CT molecular complexity index is 790. The number of cyclic esters (lactones) is 2. The molecule has 0 aromatic heterocycles. The van der Waals surface area contributed by atoms with Crippen molar-refractivity contribution in [1.82, 2.24) is 0 Å². The van der Waals surface area contributed by atoms with E-state index < -0.39 is 64.3 Å². The fourth-order valence-corrected chi connectivity index (χ4v) is 2.67. The second-order valence-corrected chi connectivity index (χ2v) is 9.56. The summed E-state index contributed by atoms with van der Waals surface area (Å²) in [7, 11) is 0. The molecule has 1 aliphatic heterocycles. The molecule has 0 aromatic rings. The first kappa shape index (κ1) is 26.4. The summed E-state index contributed by atoms with van der Waals surface area (Å²) in [5.74, 6) is -4.75. The van der Waals surface area contributed by atoms with Crippen LogP contribution in [0.5, 0.6) is 0 Å². The van der Waals surface area contributed by atoms with Crippen LogP contribution in [0, 0.1) is 11.3 Å². The van der Waals surface area contributed by atoms with Crippen LogP contribution in [-0.2, 0) is 38.1 Å². The van der Waals surface area contributed by atoms with Gasteiger partial charge < -0.3 is 18.9 Å². The molecule has 0 spiro atoms. The molecule has 1 aliphatic rings. The van der Waals surface area contributed by atoms with Gasteiger partial charge in [-0.2, -0.15) is 0 Å². The summed E-state index contributed by atoms with van der Waals surface area (Å²) in [5.41, 5.74) is -3.31. The monoisotopic (exact) mass is 439 g/mol. The number of nitrogens with zero attached hydrogens (tertiary/aromatic N) is 1. The molecular weight excluding hydrogens is 406 g/mol. The van der Waals surface area contributed by atoms with Crippen molar-refractivity contribution in [3.63, 3.8) is 0 Å². The maximum absolute atomic E-state index is 13.1. The zero-order chi connectivity index (χ0) is 24.4. The lowest BCUT2D eigenvalue weighted by Crippen LogP contribution is -2.58. The van der Waals surface area contributed by atoms with Gasteiger partial charge in [0.15, 0.2) is 5.41 Å². The Balaban J connectivity index is 3.80. The van der Waals surface area contributed by atoms with E-state index >= 15 is 0 Å². The zero-order valence-electron chi connectivity index (χ0n) is 19.9. The summed E-state index contributed by atoms with van der Waals surface area (Å²) in [6, 6.07) is 0. The fraction of sp³-hybridized carbons (Fsp3) is 0.727. The van der Waals surface area contributed by atoms with Gasteiger partial charge in [0.1, 0.15) is 11.5 Å². The van der Waals surface area contributed by atoms with Gasteiger partial charge >= 0.3 is 23.9 Å². The van der Waals surface area contributed by atoms with Crippen LogP contribution in [0.4, 0.5) is 0 Å². The highest BCUT2D eigenvalue weighted by Gasteiger charge is 2.62. The Morgan fingerprint density at radius 1 is 0.935 bits per heavy atom. The average molecular weight is 440 g/mol. The van der Waals surface area contributed by atoms with Gasteiger partial charge in [-0.05, 0) is 61.3 Å². The number of carbonyl (C=O) groups is 4. The van der Waals surface area contributed by atoms with Crippen molar-refractivity contribution in [2.45, 2.75) is 92.8 Å². The molecule has 0 radical (unpaired) electrons. The Morgan fingerprint density at radius 3 is 1.77 bits per heavy atom. The lowest BCUT2D eigenvalue weighted by molar-refractivity contribution is -0.253. The van der Waals surface area contributed by atoms with E-state index in [0.29, 0.717) is 0 Å². The molecule has 9 heteroatoms. The van der Waals surface area contributed by atoms with E-state index in [1.807, 2.05) is 0 Å². The lowest BCUT2D eigenvalue weighted by atomic mass is 9.72. The van der Waals surface area contributed by atoms with E-state index in [9.17, 15) is 19.2 Å². The van der Waals surface area contributed by atoms with Gasteiger partial charge in [0, 0.05) is 13.8 Å². The summed E-state index contributed by atoms with van der Waals surface area (Å²) < 4.78 is 21.0. The van der Waals surface area contributed by atoms with Crippen LogP contribution in [0.3, 0.4) is 0 Å². The van der Waals surface area contributed by atoms with Gasteiger partial charge in [-0.3, -0.25) is 14.4 Å². The Labute approximate surface area is 183 Å². The molecule has 0 N–H and O–H groups in total. The quantitative estimate of drug-likeness (QED) is 0.204. The number of esters is 4. The van der Waals surface area contributed by atoms with Crippen LogP contribution in [0.2, 0.25) is 0 Å².